The lowest BCUT2D eigenvalue weighted by molar-refractivity contribution is -0.127. The van der Waals surface area contributed by atoms with Gasteiger partial charge in [-0.1, -0.05) is 43.6 Å². The van der Waals surface area contributed by atoms with Gasteiger partial charge in [0.15, 0.2) is 6.10 Å². The lowest BCUT2D eigenvalue weighted by Crippen LogP contribution is -2.37. The Bertz CT molecular complexity index is 793. The average Bonchev–Trinajstić information content (AvgIpc) is 2.63. The van der Waals surface area contributed by atoms with Crippen molar-refractivity contribution in [3.63, 3.8) is 0 Å². The zero-order valence-corrected chi connectivity index (χ0v) is 18.3. The van der Waals surface area contributed by atoms with Crippen LogP contribution in [0.1, 0.15) is 43.4 Å². The van der Waals surface area contributed by atoms with Crippen molar-refractivity contribution < 1.29 is 13.9 Å². The minimum Gasteiger partial charge on any atom is -0.481 e. The fraction of sp³-hybridized carbons (Fsp3) is 0.409. The fourth-order valence-corrected chi connectivity index (χ4v) is 3.90. The molecule has 1 atom stereocenters. The van der Waals surface area contributed by atoms with E-state index in [4.69, 9.17) is 16.3 Å². The number of amides is 1. The first-order valence-corrected chi connectivity index (χ1v) is 10.9. The van der Waals surface area contributed by atoms with Crippen LogP contribution in [0.4, 0.5) is 4.39 Å². The maximum absolute atomic E-state index is 13.7. The predicted molar refractivity (Wildman–Crippen MR) is 116 cm³/mol. The van der Waals surface area contributed by atoms with Crippen LogP contribution in [0.25, 0.3) is 0 Å². The number of halogens is 2. The standard InChI is InChI=1S/C22H27ClFNO2S/c1-14(2)17-9-8-15(3)12-21(17)27-16(4)22(26)25-10-11-28-13-18-19(23)6-5-7-20(18)24/h5-9,12,14,16H,10-11,13H2,1-4H3,(H,25,26)/t16-/m1/s1. The number of hydrogen-bond donors (Lipinski definition) is 1. The Morgan fingerprint density at radius 3 is 2.68 bits per heavy atom. The molecule has 0 saturated carbocycles. The summed E-state index contributed by atoms with van der Waals surface area (Å²) in [5, 5.41) is 3.30. The summed E-state index contributed by atoms with van der Waals surface area (Å²) in [7, 11) is 0. The van der Waals surface area contributed by atoms with Crippen molar-refractivity contribution in [3.8, 4) is 5.75 Å². The van der Waals surface area contributed by atoms with Crippen LogP contribution in [0, 0.1) is 12.7 Å². The van der Waals surface area contributed by atoms with Crippen LogP contribution in [0.5, 0.6) is 5.75 Å². The number of nitrogens with one attached hydrogen (secondary N) is 1. The number of thioether (sulfide) groups is 1. The molecule has 0 fully saturated rings. The van der Waals surface area contributed by atoms with E-state index >= 15 is 0 Å². The van der Waals surface area contributed by atoms with Gasteiger partial charge >= 0.3 is 0 Å². The highest BCUT2D eigenvalue weighted by Crippen LogP contribution is 2.28. The Hall–Kier alpha value is -1.72. The van der Waals surface area contributed by atoms with Crippen LogP contribution in [0.3, 0.4) is 0 Å². The summed E-state index contributed by atoms with van der Waals surface area (Å²) in [6.07, 6.45) is -0.592. The molecule has 1 N–H and O–H groups in total. The highest BCUT2D eigenvalue weighted by Gasteiger charge is 2.17. The Morgan fingerprint density at radius 2 is 2.00 bits per heavy atom. The van der Waals surface area contributed by atoms with Crippen molar-refractivity contribution in [2.24, 2.45) is 0 Å². The first-order chi connectivity index (χ1) is 13.3. The van der Waals surface area contributed by atoms with Crippen molar-refractivity contribution in [2.75, 3.05) is 12.3 Å². The highest BCUT2D eigenvalue weighted by atomic mass is 35.5. The molecule has 0 radical (unpaired) electrons. The van der Waals surface area contributed by atoms with E-state index < -0.39 is 6.10 Å². The van der Waals surface area contributed by atoms with Crippen molar-refractivity contribution >= 4 is 29.3 Å². The lowest BCUT2D eigenvalue weighted by Gasteiger charge is -2.19. The molecule has 0 aliphatic heterocycles. The van der Waals surface area contributed by atoms with Crippen molar-refractivity contribution in [1.82, 2.24) is 5.32 Å². The van der Waals surface area contributed by atoms with Gasteiger partial charge in [-0.15, -0.1) is 0 Å². The van der Waals surface area contributed by atoms with Gasteiger partial charge in [-0.05, 0) is 49.1 Å². The van der Waals surface area contributed by atoms with Crippen LogP contribution in [0.15, 0.2) is 36.4 Å². The van der Waals surface area contributed by atoms with E-state index in [1.807, 2.05) is 25.1 Å². The molecule has 152 valence electrons. The molecule has 28 heavy (non-hydrogen) atoms. The molecule has 2 aromatic carbocycles. The second kappa shape index (κ2) is 10.7. The maximum atomic E-state index is 13.7. The normalized spacial score (nSPS) is 12.1. The van der Waals surface area contributed by atoms with E-state index in [1.54, 1.807) is 19.1 Å². The second-order valence-corrected chi connectivity index (χ2v) is 8.51. The lowest BCUT2D eigenvalue weighted by atomic mass is 10.0. The molecule has 0 aromatic heterocycles. The molecule has 0 unspecified atom stereocenters. The van der Waals surface area contributed by atoms with Crippen molar-refractivity contribution in [3.05, 3.63) is 63.9 Å². The van der Waals surface area contributed by atoms with Gasteiger partial charge in [0.25, 0.3) is 5.91 Å². The van der Waals surface area contributed by atoms with Gasteiger partial charge in [0, 0.05) is 28.6 Å². The number of carbonyl (C=O) groups is 1. The largest absolute Gasteiger partial charge is 0.481 e. The molecule has 6 heteroatoms. The first kappa shape index (κ1) is 22.6. The minimum absolute atomic E-state index is 0.166. The van der Waals surface area contributed by atoms with Crippen LogP contribution in [0.2, 0.25) is 5.02 Å². The summed E-state index contributed by atoms with van der Waals surface area (Å²) in [5.74, 6) is 1.72. The van der Waals surface area contributed by atoms with Gasteiger partial charge in [-0.2, -0.15) is 11.8 Å². The van der Waals surface area contributed by atoms with Crippen LogP contribution < -0.4 is 10.1 Å². The summed E-state index contributed by atoms with van der Waals surface area (Å²) in [6, 6.07) is 10.7. The van der Waals surface area contributed by atoms with E-state index in [0.717, 1.165) is 16.9 Å². The quantitative estimate of drug-likeness (QED) is 0.523. The SMILES string of the molecule is Cc1ccc(C(C)C)c(O[C@H](C)C(=O)NCCSCc2c(F)cccc2Cl)c1. The number of benzene rings is 2. The summed E-state index contributed by atoms with van der Waals surface area (Å²) < 4.78 is 19.7. The van der Waals surface area contributed by atoms with Gasteiger partial charge in [-0.3, -0.25) is 4.79 Å². The third-order valence-corrected chi connectivity index (χ3v) is 5.66. The summed E-state index contributed by atoms with van der Waals surface area (Å²) in [6.45, 7) is 8.42. The van der Waals surface area contributed by atoms with Gasteiger partial charge in [-0.25, -0.2) is 4.39 Å². The van der Waals surface area contributed by atoms with E-state index in [1.165, 1.54) is 17.8 Å². The number of rotatable bonds is 9. The Balaban J connectivity index is 1.80. The minimum atomic E-state index is -0.592. The number of carbonyl (C=O) groups excluding carboxylic acids is 1. The molecule has 0 spiro atoms. The number of aryl methyl sites for hydroxylation is 1. The van der Waals surface area contributed by atoms with E-state index in [0.29, 0.717) is 34.6 Å². The van der Waals surface area contributed by atoms with Crippen molar-refractivity contribution in [1.29, 1.82) is 0 Å². The monoisotopic (exact) mass is 423 g/mol. The second-order valence-electron chi connectivity index (χ2n) is 7.00. The third-order valence-electron chi connectivity index (χ3n) is 4.32. The number of ether oxygens (including phenoxy) is 1. The topological polar surface area (TPSA) is 38.3 Å². The summed E-state index contributed by atoms with van der Waals surface area (Å²) in [5.41, 5.74) is 2.68. The molecule has 3 nitrogen and oxygen atoms in total. The molecule has 0 aliphatic carbocycles. The van der Waals surface area contributed by atoms with Crippen LogP contribution in [-0.4, -0.2) is 24.3 Å². The van der Waals surface area contributed by atoms with Gasteiger partial charge in [0.1, 0.15) is 11.6 Å². The zero-order valence-electron chi connectivity index (χ0n) is 16.7. The molecule has 1 amide bonds. The maximum Gasteiger partial charge on any atom is 0.260 e. The molecule has 0 heterocycles. The number of hydrogen-bond acceptors (Lipinski definition) is 3. The molecule has 2 rings (SSSR count). The smallest absolute Gasteiger partial charge is 0.260 e. The Kier molecular flexibility index (Phi) is 8.64. The third kappa shape index (κ3) is 6.42. The van der Waals surface area contributed by atoms with E-state index in [9.17, 15) is 9.18 Å². The highest BCUT2D eigenvalue weighted by molar-refractivity contribution is 7.98. The Labute approximate surface area is 176 Å². The Morgan fingerprint density at radius 1 is 1.25 bits per heavy atom. The van der Waals surface area contributed by atoms with E-state index in [2.05, 4.69) is 19.2 Å². The predicted octanol–water partition coefficient (Wildman–Crippen LogP) is 5.73. The summed E-state index contributed by atoms with van der Waals surface area (Å²) in [4.78, 5) is 12.3. The zero-order chi connectivity index (χ0) is 20.7. The molecule has 0 saturated heterocycles. The molecular formula is C22H27ClFNO2S. The van der Waals surface area contributed by atoms with E-state index in [-0.39, 0.29) is 11.7 Å². The van der Waals surface area contributed by atoms with Gasteiger partial charge < -0.3 is 10.1 Å². The average molecular weight is 424 g/mol. The summed E-state index contributed by atoms with van der Waals surface area (Å²) >= 11 is 7.54. The molecule has 0 bridgehead atoms. The van der Waals surface area contributed by atoms with Crippen LogP contribution >= 0.6 is 23.4 Å². The first-order valence-electron chi connectivity index (χ1n) is 9.35. The molecule has 2 aromatic rings. The van der Waals surface area contributed by atoms with Gasteiger partial charge in [0.05, 0.1) is 0 Å². The van der Waals surface area contributed by atoms with Gasteiger partial charge in [0.2, 0.25) is 0 Å². The molecular weight excluding hydrogens is 397 g/mol. The fourth-order valence-electron chi connectivity index (χ4n) is 2.70. The van der Waals surface area contributed by atoms with Crippen molar-refractivity contribution in [2.45, 2.75) is 45.5 Å². The van der Waals surface area contributed by atoms with Crippen LogP contribution in [-0.2, 0) is 10.5 Å². The molecule has 0 aliphatic rings.